The third-order valence-electron chi connectivity index (χ3n) is 3.48. The van der Waals surface area contributed by atoms with E-state index in [1.54, 1.807) is 24.3 Å². The molecule has 0 spiro atoms. The maximum atomic E-state index is 14.3. The second-order valence-corrected chi connectivity index (χ2v) is 8.33. The van der Waals surface area contributed by atoms with E-state index in [0.29, 0.717) is 11.1 Å². The Hall–Kier alpha value is -1.73. The molecule has 4 nitrogen and oxygen atoms in total. The highest BCUT2D eigenvalue weighted by atomic mass is 79.9. The zero-order valence-corrected chi connectivity index (χ0v) is 14.6. The maximum Gasteiger partial charge on any atom is 0.318 e. The molecule has 122 valence electrons. The van der Waals surface area contributed by atoms with Crippen molar-refractivity contribution in [2.75, 3.05) is 5.75 Å². The Balaban J connectivity index is 2.36. The van der Waals surface area contributed by atoms with Gasteiger partial charge >= 0.3 is 5.97 Å². The number of benzene rings is 2. The summed E-state index contributed by atoms with van der Waals surface area (Å²) in [6.07, 6.45) is 0. The van der Waals surface area contributed by atoms with Gasteiger partial charge in [-0.2, -0.15) is 0 Å². The van der Waals surface area contributed by atoms with Crippen LogP contribution in [0.4, 0.5) is 4.39 Å². The Morgan fingerprint density at radius 3 is 2.35 bits per heavy atom. The predicted molar refractivity (Wildman–Crippen MR) is 89.4 cm³/mol. The van der Waals surface area contributed by atoms with Crippen LogP contribution in [0.15, 0.2) is 46.9 Å². The van der Waals surface area contributed by atoms with Crippen LogP contribution in [0.3, 0.4) is 0 Å². The number of hydrogen-bond acceptors (Lipinski definition) is 3. The van der Waals surface area contributed by atoms with Gasteiger partial charge in [-0.15, -0.1) is 0 Å². The molecular formula is C16H14BrFO4S. The minimum Gasteiger partial charge on any atom is -0.480 e. The number of carboxylic acids is 1. The standard InChI is InChI=1S/C16H14BrFO4S/c1-10(23(21,22)9-16(19)20)12-4-7-14(15(18)8-12)11-2-5-13(17)6-3-11/h2-8,10H,9H2,1H3,(H,19,20). The second-order valence-electron chi connectivity index (χ2n) is 5.09. The van der Waals surface area contributed by atoms with Crippen molar-refractivity contribution >= 4 is 31.7 Å². The molecule has 0 aliphatic heterocycles. The van der Waals surface area contributed by atoms with Crippen LogP contribution < -0.4 is 0 Å². The summed E-state index contributed by atoms with van der Waals surface area (Å²) >= 11 is 3.30. The third-order valence-corrected chi connectivity index (χ3v) is 6.01. The number of aliphatic carboxylic acids is 1. The van der Waals surface area contributed by atoms with Gasteiger partial charge in [0.1, 0.15) is 11.6 Å². The second kappa shape index (κ2) is 6.80. The smallest absolute Gasteiger partial charge is 0.318 e. The monoisotopic (exact) mass is 400 g/mol. The Bertz CT molecular complexity index is 832. The number of rotatable bonds is 5. The van der Waals surface area contributed by atoms with Gasteiger partial charge < -0.3 is 5.11 Å². The summed E-state index contributed by atoms with van der Waals surface area (Å²) < 4.78 is 39.1. The van der Waals surface area contributed by atoms with E-state index in [1.165, 1.54) is 19.1 Å². The zero-order chi connectivity index (χ0) is 17.2. The summed E-state index contributed by atoms with van der Waals surface area (Å²) in [5.41, 5.74) is 1.24. The fourth-order valence-electron chi connectivity index (χ4n) is 2.15. The minimum atomic E-state index is -3.88. The van der Waals surface area contributed by atoms with Gasteiger partial charge in [-0.25, -0.2) is 12.8 Å². The highest BCUT2D eigenvalue weighted by molar-refractivity contribution is 9.10. The maximum absolute atomic E-state index is 14.3. The first-order chi connectivity index (χ1) is 10.7. The molecule has 0 fully saturated rings. The molecule has 0 aromatic heterocycles. The molecule has 2 rings (SSSR count). The fourth-order valence-corrected chi connectivity index (χ4v) is 3.57. The van der Waals surface area contributed by atoms with E-state index in [4.69, 9.17) is 5.11 Å². The van der Waals surface area contributed by atoms with E-state index < -0.39 is 32.6 Å². The van der Waals surface area contributed by atoms with E-state index in [2.05, 4.69) is 15.9 Å². The van der Waals surface area contributed by atoms with Crippen LogP contribution in [0.25, 0.3) is 11.1 Å². The lowest BCUT2D eigenvalue weighted by atomic mass is 10.0. The molecule has 0 amide bonds. The van der Waals surface area contributed by atoms with Gasteiger partial charge in [0.15, 0.2) is 9.84 Å². The molecule has 0 radical (unpaired) electrons. The lowest BCUT2D eigenvalue weighted by molar-refractivity contribution is -0.134. The molecule has 0 saturated carbocycles. The lowest BCUT2D eigenvalue weighted by Crippen LogP contribution is -2.20. The van der Waals surface area contributed by atoms with E-state index in [-0.39, 0.29) is 5.56 Å². The molecule has 0 heterocycles. The van der Waals surface area contributed by atoms with Gasteiger partial charge in [0, 0.05) is 10.0 Å². The fraction of sp³-hybridized carbons (Fsp3) is 0.188. The lowest BCUT2D eigenvalue weighted by Gasteiger charge is -2.13. The van der Waals surface area contributed by atoms with Crippen molar-refractivity contribution in [1.29, 1.82) is 0 Å². The van der Waals surface area contributed by atoms with Crippen molar-refractivity contribution in [3.8, 4) is 11.1 Å². The molecular weight excluding hydrogens is 387 g/mol. The van der Waals surface area contributed by atoms with Crippen molar-refractivity contribution in [3.63, 3.8) is 0 Å². The van der Waals surface area contributed by atoms with Crippen LogP contribution in [-0.4, -0.2) is 25.2 Å². The van der Waals surface area contributed by atoms with Crippen molar-refractivity contribution in [3.05, 3.63) is 58.3 Å². The quantitative estimate of drug-likeness (QED) is 0.827. The molecule has 0 saturated heterocycles. The summed E-state index contributed by atoms with van der Waals surface area (Å²) in [6.45, 7) is 1.35. The van der Waals surface area contributed by atoms with E-state index in [1.807, 2.05) is 0 Å². The Morgan fingerprint density at radius 1 is 1.22 bits per heavy atom. The van der Waals surface area contributed by atoms with Gasteiger partial charge in [-0.05, 0) is 36.2 Å². The summed E-state index contributed by atoms with van der Waals surface area (Å²) in [6, 6.07) is 11.2. The SMILES string of the molecule is CC(c1ccc(-c2ccc(Br)cc2)c(F)c1)S(=O)(=O)CC(=O)O. The molecule has 1 atom stereocenters. The van der Waals surface area contributed by atoms with Crippen molar-refractivity contribution in [2.45, 2.75) is 12.2 Å². The van der Waals surface area contributed by atoms with Gasteiger partial charge in [-0.1, -0.05) is 40.2 Å². The van der Waals surface area contributed by atoms with Crippen LogP contribution in [0.1, 0.15) is 17.7 Å². The van der Waals surface area contributed by atoms with E-state index in [9.17, 15) is 17.6 Å². The summed E-state index contributed by atoms with van der Waals surface area (Å²) in [5.74, 6) is -2.96. The first-order valence-electron chi connectivity index (χ1n) is 6.69. The average Bonchev–Trinajstić information content (AvgIpc) is 2.46. The highest BCUT2D eigenvalue weighted by Gasteiger charge is 2.26. The van der Waals surface area contributed by atoms with Crippen molar-refractivity contribution in [2.24, 2.45) is 0 Å². The number of halogens is 2. The Morgan fingerprint density at radius 2 is 1.83 bits per heavy atom. The van der Waals surface area contributed by atoms with Crippen LogP contribution in [0.2, 0.25) is 0 Å². The molecule has 2 aromatic rings. The van der Waals surface area contributed by atoms with Crippen molar-refractivity contribution < 1.29 is 22.7 Å². The molecule has 0 bridgehead atoms. The van der Waals surface area contributed by atoms with Crippen LogP contribution in [0.5, 0.6) is 0 Å². The largest absolute Gasteiger partial charge is 0.480 e. The third kappa shape index (κ3) is 4.17. The highest BCUT2D eigenvalue weighted by Crippen LogP contribution is 2.29. The number of carbonyl (C=O) groups is 1. The molecule has 0 aliphatic rings. The molecule has 23 heavy (non-hydrogen) atoms. The molecule has 1 N–H and O–H groups in total. The van der Waals surface area contributed by atoms with E-state index >= 15 is 0 Å². The Labute approximate surface area is 142 Å². The summed E-state index contributed by atoms with van der Waals surface area (Å²) in [5, 5.41) is 7.57. The normalized spacial score (nSPS) is 12.8. The molecule has 2 aromatic carbocycles. The molecule has 1 unspecified atom stereocenters. The number of carboxylic acid groups (broad SMARTS) is 1. The first kappa shape index (κ1) is 17.6. The molecule has 7 heteroatoms. The number of sulfone groups is 1. The van der Waals surface area contributed by atoms with Crippen LogP contribution in [0, 0.1) is 5.82 Å². The zero-order valence-electron chi connectivity index (χ0n) is 12.2. The topological polar surface area (TPSA) is 71.4 Å². The number of hydrogen-bond donors (Lipinski definition) is 1. The predicted octanol–water partition coefficient (Wildman–Crippen LogP) is 3.82. The van der Waals surface area contributed by atoms with Gasteiger partial charge in [0.05, 0.1) is 5.25 Å². The van der Waals surface area contributed by atoms with E-state index in [0.717, 1.165) is 10.5 Å². The van der Waals surface area contributed by atoms with Gasteiger partial charge in [-0.3, -0.25) is 4.79 Å². The minimum absolute atomic E-state index is 0.226. The van der Waals surface area contributed by atoms with Gasteiger partial charge in [0.2, 0.25) is 0 Å². The van der Waals surface area contributed by atoms with Crippen molar-refractivity contribution in [1.82, 2.24) is 0 Å². The Kier molecular flexibility index (Phi) is 5.21. The first-order valence-corrected chi connectivity index (χ1v) is 9.20. The molecule has 0 aliphatic carbocycles. The average molecular weight is 401 g/mol. The summed E-state index contributed by atoms with van der Waals surface area (Å²) in [4.78, 5) is 10.6. The van der Waals surface area contributed by atoms with Gasteiger partial charge in [0.25, 0.3) is 0 Å². The van der Waals surface area contributed by atoms with Crippen LogP contribution >= 0.6 is 15.9 Å². The van der Waals surface area contributed by atoms with Crippen LogP contribution in [-0.2, 0) is 14.6 Å². The summed E-state index contributed by atoms with van der Waals surface area (Å²) in [7, 11) is -3.88.